The highest BCUT2D eigenvalue weighted by atomic mass is 15.4. The summed E-state index contributed by atoms with van der Waals surface area (Å²) in [5.74, 6) is 0.494. The standard InChI is InChI=1S/C20H26N6/c1-16(12-17-8-4-2-5-9-17)14-26-15-19(24-25-26)11-7-3-6-10-18-13-22-20(21)23-18/h2,4-5,8-9,12-13,15H,3,6-7,10-11,14H2,1H3,(H3,21,22,23)/b16-12+. The van der Waals surface area contributed by atoms with E-state index in [1.165, 1.54) is 11.1 Å². The van der Waals surface area contributed by atoms with Crippen LogP contribution < -0.4 is 5.73 Å². The van der Waals surface area contributed by atoms with Gasteiger partial charge in [0.05, 0.1) is 18.4 Å². The molecule has 0 aliphatic rings. The van der Waals surface area contributed by atoms with Crippen molar-refractivity contribution in [1.29, 1.82) is 0 Å². The van der Waals surface area contributed by atoms with E-state index in [2.05, 4.69) is 51.6 Å². The van der Waals surface area contributed by atoms with Crippen LogP contribution in [-0.4, -0.2) is 25.0 Å². The van der Waals surface area contributed by atoms with Gasteiger partial charge in [-0.1, -0.05) is 53.6 Å². The smallest absolute Gasteiger partial charge is 0.197 e. The van der Waals surface area contributed by atoms with E-state index in [1.807, 2.05) is 29.1 Å². The van der Waals surface area contributed by atoms with Gasteiger partial charge in [-0.3, -0.25) is 0 Å². The second-order valence-electron chi connectivity index (χ2n) is 6.66. The Labute approximate surface area is 154 Å². The molecule has 2 aromatic heterocycles. The Morgan fingerprint density at radius 3 is 2.73 bits per heavy atom. The van der Waals surface area contributed by atoms with Crippen molar-refractivity contribution in [3.63, 3.8) is 0 Å². The number of nitrogens with two attached hydrogens (primary N) is 1. The molecule has 0 bridgehead atoms. The second-order valence-corrected chi connectivity index (χ2v) is 6.66. The van der Waals surface area contributed by atoms with Gasteiger partial charge in [0.25, 0.3) is 0 Å². The summed E-state index contributed by atoms with van der Waals surface area (Å²) in [6.45, 7) is 2.89. The van der Waals surface area contributed by atoms with E-state index in [9.17, 15) is 0 Å². The molecule has 3 rings (SSSR count). The molecule has 0 aliphatic carbocycles. The number of aromatic amines is 1. The van der Waals surface area contributed by atoms with E-state index in [0.29, 0.717) is 5.95 Å². The number of unbranched alkanes of at least 4 members (excludes halogenated alkanes) is 2. The first-order chi connectivity index (χ1) is 12.7. The summed E-state index contributed by atoms with van der Waals surface area (Å²) in [6, 6.07) is 10.3. The average Bonchev–Trinajstić information content (AvgIpc) is 3.24. The van der Waals surface area contributed by atoms with Gasteiger partial charge in [0.2, 0.25) is 0 Å². The van der Waals surface area contributed by atoms with Gasteiger partial charge in [0, 0.05) is 11.9 Å². The second kappa shape index (κ2) is 8.99. The molecule has 0 saturated heterocycles. The number of aryl methyl sites for hydroxylation is 2. The molecule has 0 atom stereocenters. The molecule has 6 heteroatoms. The number of anilines is 1. The number of aromatic nitrogens is 5. The van der Waals surface area contributed by atoms with Gasteiger partial charge in [0.15, 0.2) is 5.95 Å². The van der Waals surface area contributed by atoms with E-state index in [0.717, 1.165) is 50.0 Å². The van der Waals surface area contributed by atoms with Crippen molar-refractivity contribution in [1.82, 2.24) is 25.0 Å². The maximum absolute atomic E-state index is 5.58. The van der Waals surface area contributed by atoms with Crippen molar-refractivity contribution in [3.8, 4) is 0 Å². The van der Waals surface area contributed by atoms with E-state index in [-0.39, 0.29) is 0 Å². The molecule has 0 fully saturated rings. The third kappa shape index (κ3) is 5.58. The van der Waals surface area contributed by atoms with Crippen LogP contribution in [0.2, 0.25) is 0 Å². The van der Waals surface area contributed by atoms with Gasteiger partial charge in [-0.15, -0.1) is 5.10 Å². The van der Waals surface area contributed by atoms with Crippen molar-refractivity contribution in [2.45, 2.75) is 45.6 Å². The van der Waals surface area contributed by atoms with Crippen LogP contribution in [0.3, 0.4) is 0 Å². The predicted octanol–water partition coefficient (Wildman–Crippen LogP) is 3.64. The lowest BCUT2D eigenvalue weighted by molar-refractivity contribution is 0.642. The van der Waals surface area contributed by atoms with Crippen LogP contribution in [0, 0.1) is 0 Å². The van der Waals surface area contributed by atoms with Gasteiger partial charge >= 0.3 is 0 Å². The fourth-order valence-electron chi connectivity index (χ4n) is 2.97. The van der Waals surface area contributed by atoms with Crippen LogP contribution in [0.25, 0.3) is 6.08 Å². The molecule has 0 radical (unpaired) electrons. The number of hydrogen-bond acceptors (Lipinski definition) is 4. The van der Waals surface area contributed by atoms with Crippen molar-refractivity contribution >= 4 is 12.0 Å². The van der Waals surface area contributed by atoms with Gasteiger partial charge < -0.3 is 10.7 Å². The third-order valence-electron chi connectivity index (χ3n) is 4.24. The third-order valence-corrected chi connectivity index (χ3v) is 4.24. The highest BCUT2D eigenvalue weighted by Gasteiger charge is 2.03. The maximum Gasteiger partial charge on any atom is 0.197 e. The van der Waals surface area contributed by atoms with Crippen LogP contribution in [0.5, 0.6) is 0 Å². The number of nitrogens with zero attached hydrogens (tertiary/aromatic N) is 4. The monoisotopic (exact) mass is 350 g/mol. The molecule has 26 heavy (non-hydrogen) atoms. The van der Waals surface area contributed by atoms with Crippen molar-refractivity contribution < 1.29 is 0 Å². The first-order valence-corrected chi connectivity index (χ1v) is 9.09. The van der Waals surface area contributed by atoms with Gasteiger partial charge in [-0.2, -0.15) is 0 Å². The summed E-state index contributed by atoms with van der Waals surface area (Å²) in [4.78, 5) is 7.07. The molecule has 0 spiro atoms. The minimum Gasteiger partial charge on any atom is -0.369 e. The normalized spacial score (nSPS) is 11.8. The lowest BCUT2D eigenvalue weighted by Gasteiger charge is -2.01. The molecule has 2 heterocycles. The molecule has 0 unspecified atom stereocenters. The Hall–Kier alpha value is -2.89. The number of rotatable bonds is 9. The summed E-state index contributed by atoms with van der Waals surface area (Å²) in [7, 11) is 0. The topological polar surface area (TPSA) is 85.4 Å². The van der Waals surface area contributed by atoms with E-state index in [1.54, 1.807) is 0 Å². The van der Waals surface area contributed by atoms with Gasteiger partial charge in [-0.05, 0) is 38.2 Å². The molecule has 0 saturated carbocycles. The molecule has 0 amide bonds. The fraction of sp³-hybridized carbons (Fsp3) is 0.350. The zero-order valence-electron chi connectivity index (χ0n) is 15.2. The molecule has 1 aromatic carbocycles. The van der Waals surface area contributed by atoms with Gasteiger partial charge in [0.1, 0.15) is 0 Å². The summed E-state index contributed by atoms with van der Waals surface area (Å²) in [5.41, 5.74) is 10.2. The minimum absolute atomic E-state index is 0.494. The van der Waals surface area contributed by atoms with Crippen molar-refractivity contribution in [3.05, 3.63) is 65.2 Å². The fourth-order valence-corrected chi connectivity index (χ4v) is 2.97. The SMILES string of the molecule is C/C(=C\c1ccccc1)Cn1cc(CCCCCc2cnc(N)[nH]2)nn1. The zero-order valence-corrected chi connectivity index (χ0v) is 15.2. The maximum atomic E-state index is 5.58. The average molecular weight is 350 g/mol. The number of imidazole rings is 1. The van der Waals surface area contributed by atoms with Crippen LogP contribution in [0.15, 0.2) is 48.3 Å². The Morgan fingerprint density at radius 2 is 1.96 bits per heavy atom. The van der Waals surface area contributed by atoms with Crippen LogP contribution in [-0.2, 0) is 19.4 Å². The van der Waals surface area contributed by atoms with E-state index >= 15 is 0 Å². The number of allylic oxidation sites excluding steroid dienone is 1. The summed E-state index contributed by atoms with van der Waals surface area (Å²) in [6.07, 6.45) is 11.4. The highest BCUT2D eigenvalue weighted by molar-refractivity contribution is 5.51. The van der Waals surface area contributed by atoms with Crippen molar-refractivity contribution in [2.75, 3.05) is 5.73 Å². The van der Waals surface area contributed by atoms with Crippen molar-refractivity contribution in [2.24, 2.45) is 0 Å². The Kier molecular flexibility index (Phi) is 6.19. The van der Waals surface area contributed by atoms with E-state index < -0.39 is 0 Å². The van der Waals surface area contributed by atoms with Crippen LogP contribution in [0.1, 0.15) is 43.1 Å². The first kappa shape index (κ1) is 17.9. The van der Waals surface area contributed by atoms with Gasteiger partial charge in [-0.25, -0.2) is 9.67 Å². The van der Waals surface area contributed by atoms with Crippen LogP contribution in [0.4, 0.5) is 5.95 Å². The first-order valence-electron chi connectivity index (χ1n) is 9.09. The molecule has 0 aliphatic heterocycles. The predicted molar refractivity (Wildman–Crippen MR) is 104 cm³/mol. The largest absolute Gasteiger partial charge is 0.369 e. The summed E-state index contributed by atoms with van der Waals surface area (Å²) in [5, 5.41) is 8.53. The lowest BCUT2D eigenvalue weighted by Crippen LogP contribution is -1.99. The molecule has 136 valence electrons. The lowest BCUT2D eigenvalue weighted by atomic mass is 10.1. The molecular weight excluding hydrogens is 324 g/mol. The summed E-state index contributed by atoms with van der Waals surface area (Å²) < 4.78 is 1.91. The zero-order chi connectivity index (χ0) is 18.2. The number of benzene rings is 1. The Morgan fingerprint density at radius 1 is 1.15 bits per heavy atom. The highest BCUT2D eigenvalue weighted by Crippen LogP contribution is 2.10. The number of nitrogens with one attached hydrogen (secondary N) is 1. The minimum atomic E-state index is 0.494. The van der Waals surface area contributed by atoms with Crippen LogP contribution >= 0.6 is 0 Å². The summed E-state index contributed by atoms with van der Waals surface area (Å²) >= 11 is 0. The molecule has 3 N–H and O–H groups in total. The van der Waals surface area contributed by atoms with E-state index in [4.69, 9.17) is 5.73 Å². The number of H-pyrrole nitrogens is 1. The quantitative estimate of drug-likeness (QED) is 0.577. The molecule has 6 nitrogen and oxygen atoms in total. The molecular formula is C20H26N6. The number of nitrogen functional groups attached to an aromatic ring is 1. The number of hydrogen-bond donors (Lipinski definition) is 2. The molecule has 3 aromatic rings. The Bertz CT molecular complexity index is 831. The Balaban J connectivity index is 1.39.